The second-order valence-corrected chi connectivity index (χ2v) is 4.08. The molecule has 2 aromatic heterocycles. The van der Waals surface area contributed by atoms with Gasteiger partial charge in [-0.2, -0.15) is 0 Å². The predicted octanol–water partition coefficient (Wildman–Crippen LogP) is 1.85. The normalized spacial score (nSPS) is 11.1. The molecule has 17 heavy (non-hydrogen) atoms. The lowest BCUT2D eigenvalue weighted by atomic mass is 10.3. The summed E-state index contributed by atoms with van der Waals surface area (Å²) in [7, 11) is 1.74. The van der Waals surface area contributed by atoms with Crippen LogP contribution in [0.2, 0.25) is 0 Å². The number of aromatic nitrogens is 2. The highest BCUT2D eigenvalue weighted by molar-refractivity contribution is 5.39. The standard InChI is InChI=1S/C13H19N3O/c1-17-9-5-3-7-14-10-12-11-16-8-4-2-6-13(16)15-12/h2,4,6,8,11,14H,3,5,7,9-10H2,1H3. The van der Waals surface area contributed by atoms with E-state index in [1.54, 1.807) is 7.11 Å². The van der Waals surface area contributed by atoms with Crippen LogP contribution in [-0.4, -0.2) is 29.6 Å². The third-order valence-corrected chi connectivity index (χ3v) is 2.67. The number of rotatable bonds is 7. The molecule has 0 spiro atoms. The molecule has 0 atom stereocenters. The molecule has 4 nitrogen and oxygen atoms in total. The van der Waals surface area contributed by atoms with Crippen molar-refractivity contribution in [3.05, 3.63) is 36.3 Å². The summed E-state index contributed by atoms with van der Waals surface area (Å²) in [6, 6.07) is 6.03. The molecular formula is C13H19N3O. The fourth-order valence-corrected chi connectivity index (χ4v) is 1.79. The van der Waals surface area contributed by atoms with Crippen LogP contribution in [0, 0.1) is 0 Å². The Bertz CT molecular complexity index is 420. The van der Waals surface area contributed by atoms with Gasteiger partial charge in [0.15, 0.2) is 0 Å². The molecule has 0 aliphatic heterocycles. The molecule has 0 amide bonds. The zero-order valence-corrected chi connectivity index (χ0v) is 10.2. The topological polar surface area (TPSA) is 38.6 Å². The highest BCUT2D eigenvalue weighted by Gasteiger charge is 1.99. The van der Waals surface area contributed by atoms with Gasteiger partial charge in [-0.1, -0.05) is 6.07 Å². The zero-order valence-electron chi connectivity index (χ0n) is 10.2. The van der Waals surface area contributed by atoms with Crippen LogP contribution in [0.5, 0.6) is 0 Å². The summed E-state index contributed by atoms with van der Waals surface area (Å²) in [5.74, 6) is 0. The van der Waals surface area contributed by atoms with Gasteiger partial charge >= 0.3 is 0 Å². The number of fused-ring (bicyclic) bond motifs is 1. The van der Waals surface area contributed by atoms with Crippen LogP contribution in [0.15, 0.2) is 30.6 Å². The fraction of sp³-hybridized carbons (Fsp3) is 0.462. The second kappa shape index (κ2) is 6.37. The molecule has 0 saturated carbocycles. The molecule has 4 heteroatoms. The number of hydrogen-bond donors (Lipinski definition) is 1. The maximum absolute atomic E-state index is 5.00. The number of pyridine rings is 1. The Morgan fingerprint density at radius 3 is 3.12 bits per heavy atom. The Morgan fingerprint density at radius 2 is 2.29 bits per heavy atom. The summed E-state index contributed by atoms with van der Waals surface area (Å²) < 4.78 is 7.05. The van der Waals surface area contributed by atoms with Crippen molar-refractivity contribution in [2.75, 3.05) is 20.3 Å². The number of unbranched alkanes of at least 4 members (excludes halogenated alkanes) is 1. The fourth-order valence-electron chi connectivity index (χ4n) is 1.79. The van der Waals surface area contributed by atoms with Gasteiger partial charge < -0.3 is 14.5 Å². The third kappa shape index (κ3) is 3.54. The lowest BCUT2D eigenvalue weighted by Crippen LogP contribution is -2.15. The van der Waals surface area contributed by atoms with Crippen LogP contribution in [0.1, 0.15) is 18.5 Å². The van der Waals surface area contributed by atoms with E-state index in [0.717, 1.165) is 43.9 Å². The summed E-state index contributed by atoms with van der Waals surface area (Å²) in [4.78, 5) is 4.52. The average Bonchev–Trinajstić information content (AvgIpc) is 2.76. The minimum atomic E-state index is 0.828. The monoisotopic (exact) mass is 233 g/mol. The van der Waals surface area contributed by atoms with Gasteiger partial charge in [-0.3, -0.25) is 0 Å². The van der Waals surface area contributed by atoms with E-state index >= 15 is 0 Å². The van der Waals surface area contributed by atoms with E-state index in [9.17, 15) is 0 Å². The Hall–Kier alpha value is -1.39. The van der Waals surface area contributed by atoms with Gasteiger partial charge in [0.05, 0.1) is 5.69 Å². The average molecular weight is 233 g/mol. The van der Waals surface area contributed by atoms with Crippen LogP contribution < -0.4 is 5.32 Å². The first-order chi connectivity index (χ1) is 8.40. The summed E-state index contributed by atoms with van der Waals surface area (Å²) in [5, 5.41) is 3.39. The van der Waals surface area contributed by atoms with Gasteiger partial charge in [-0.15, -0.1) is 0 Å². The van der Waals surface area contributed by atoms with Gasteiger partial charge in [0.2, 0.25) is 0 Å². The smallest absolute Gasteiger partial charge is 0.137 e. The minimum Gasteiger partial charge on any atom is -0.385 e. The van der Waals surface area contributed by atoms with Gasteiger partial charge in [-0.05, 0) is 31.5 Å². The van der Waals surface area contributed by atoms with Crippen molar-refractivity contribution in [1.29, 1.82) is 0 Å². The molecular weight excluding hydrogens is 214 g/mol. The van der Waals surface area contributed by atoms with E-state index in [4.69, 9.17) is 4.74 Å². The maximum atomic E-state index is 5.00. The molecule has 1 N–H and O–H groups in total. The third-order valence-electron chi connectivity index (χ3n) is 2.67. The SMILES string of the molecule is COCCCCNCc1cn2ccccc2n1. The van der Waals surface area contributed by atoms with E-state index in [-0.39, 0.29) is 0 Å². The van der Waals surface area contributed by atoms with Crippen molar-refractivity contribution in [3.63, 3.8) is 0 Å². The predicted molar refractivity (Wildman–Crippen MR) is 68.0 cm³/mol. The van der Waals surface area contributed by atoms with Crippen LogP contribution in [0.25, 0.3) is 5.65 Å². The first-order valence-corrected chi connectivity index (χ1v) is 6.02. The molecule has 0 unspecified atom stereocenters. The Labute approximate surface area is 102 Å². The van der Waals surface area contributed by atoms with Crippen molar-refractivity contribution in [2.45, 2.75) is 19.4 Å². The van der Waals surface area contributed by atoms with Crippen LogP contribution in [-0.2, 0) is 11.3 Å². The van der Waals surface area contributed by atoms with Gasteiger partial charge in [0.1, 0.15) is 5.65 Å². The molecule has 0 aliphatic carbocycles. The highest BCUT2D eigenvalue weighted by atomic mass is 16.5. The van der Waals surface area contributed by atoms with Crippen molar-refractivity contribution >= 4 is 5.65 Å². The van der Waals surface area contributed by atoms with Crippen LogP contribution in [0.3, 0.4) is 0 Å². The first-order valence-electron chi connectivity index (χ1n) is 6.02. The van der Waals surface area contributed by atoms with Crippen molar-refractivity contribution in [3.8, 4) is 0 Å². The van der Waals surface area contributed by atoms with E-state index < -0.39 is 0 Å². The van der Waals surface area contributed by atoms with Crippen molar-refractivity contribution in [1.82, 2.24) is 14.7 Å². The molecule has 2 aromatic rings. The van der Waals surface area contributed by atoms with Gasteiger partial charge in [-0.25, -0.2) is 4.98 Å². The Balaban J connectivity index is 1.75. The minimum absolute atomic E-state index is 0.828. The van der Waals surface area contributed by atoms with Crippen molar-refractivity contribution in [2.24, 2.45) is 0 Å². The summed E-state index contributed by atoms with van der Waals surface area (Å²) in [6.45, 7) is 2.68. The lowest BCUT2D eigenvalue weighted by molar-refractivity contribution is 0.192. The number of imidazole rings is 1. The zero-order chi connectivity index (χ0) is 11.9. The lowest BCUT2D eigenvalue weighted by Gasteiger charge is -2.01. The molecule has 0 aromatic carbocycles. The molecule has 0 bridgehead atoms. The number of ether oxygens (including phenoxy) is 1. The van der Waals surface area contributed by atoms with E-state index in [0.29, 0.717) is 0 Å². The van der Waals surface area contributed by atoms with Gasteiger partial charge in [0, 0.05) is 32.7 Å². The molecule has 0 saturated heterocycles. The largest absolute Gasteiger partial charge is 0.385 e. The molecule has 2 rings (SSSR count). The van der Waals surface area contributed by atoms with Crippen molar-refractivity contribution < 1.29 is 4.74 Å². The van der Waals surface area contributed by atoms with Crippen LogP contribution in [0.4, 0.5) is 0 Å². The number of methoxy groups -OCH3 is 1. The number of nitrogens with zero attached hydrogens (tertiary/aromatic N) is 2. The Morgan fingerprint density at radius 1 is 1.35 bits per heavy atom. The molecule has 2 heterocycles. The van der Waals surface area contributed by atoms with Gasteiger partial charge in [0.25, 0.3) is 0 Å². The Kier molecular flexibility index (Phi) is 4.53. The molecule has 0 fully saturated rings. The van der Waals surface area contributed by atoms with E-state index in [2.05, 4.69) is 16.5 Å². The summed E-state index contributed by atoms with van der Waals surface area (Å²) >= 11 is 0. The summed E-state index contributed by atoms with van der Waals surface area (Å²) in [6.07, 6.45) is 6.33. The quantitative estimate of drug-likeness (QED) is 0.742. The van der Waals surface area contributed by atoms with E-state index in [1.165, 1.54) is 0 Å². The number of hydrogen-bond acceptors (Lipinski definition) is 3. The number of nitrogens with one attached hydrogen (secondary N) is 1. The molecule has 92 valence electrons. The maximum Gasteiger partial charge on any atom is 0.137 e. The highest BCUT2D eigenvalue weighted by Crippen LogP contribution is 2.03. The summed E-state index contributed by atoms with van der Waals surface area (Å²) in [5.41, 5.74) is 2.09. The molecule has 0 aliphatic rings. The second-order valence-electron chi connectivity index (χ2n) is 4.08. The van der Waals surface area contributed by atoms with E-state index in [1.807, 2.05) is 28.8 Å². The first kappa shape index (κ1) is 12.1. The molecule has 0 radical (unpaired) electrons. The van der Waals surface area contributed by atoms with Crippen LogP contribution >= 0.6 is 0 Å².